The van der Waals surface area contributed by atoms with Crippen molar-refractivity contribution in [2.24, 2.45) is 28.5 Å². The lowest BCUT2D eigenvalue weighted by atomic mass is 9.60. The number of nitrogens with two attached hydrogens (primary N) is 1. The van der Waals surface area contributed by atoms with Crippen LogP contribution in [-0.4, -0.2) is 59.8 Å². The molecule has 0 radical (unpaired) electrons. The molecule has 1 aliphatic heterocycles. The molecule has 4 aliphatic carbocycles. The maximum Gasteiger partial charge on any atom is 0.255 e. The Labute approximate surface area is 210 Å². The van der Waals surface area contributed by atoms with Crippen LogP contribution in [-0.2, 0) is 16.0 Å². The summed E-state index contributed by atoms with van der Waals surface area (Å²) < 4.78 is -0.0987. The summed E-state index contributed by atoms with van der Waals surface area (Å²) in [7, 11) is 0. The number of aliphatic imine (C=N–C) groups is 1. The van der Waals surface area contributed by atoms with Crippen LogP contribution in [0.3, 0.4) is 0 Å². The van der Waals surface area contributed by atoms with Gasteiger partial charge in [-0.2, -0.15) is 0 Å². The number of aromatic hydroxyl groups is 1. The third-order valence-corrected chi connectivity index (χ3v) is 9.91. The highest BCUT2D eigenvalue weighted by atomic mass is 32.2. The van der Waals surface area contributed by atoms with Gasteiger partial charge in [-0.3, -0.25) is 19.4 Å². The Morgan fingerprint density at radius 1 is 1.22 bits per heavy atom. The molecule has 5 aliphatic rings. The second-order valence-electron chi connectivity index (χ2n) is 10.2. The molecular formula is C26H24N2O7S. The highest BCUT2D eigenvalue weighted by Crippen LogP contribution is 2.60. The van der Waals surface area contributed by atoms with E-state index in [1.165, 1.54) is 6.07 Å². The summed E-state index contributed by atoms with van der Waals surface area (Å²) in [6.45, 7) is 2.14. The number of thioether (sulfide) groups is 1. The van der Waals surface area contributed by atoms with Gasteiger partial charge in [0, 0.05) is 23.8 Å². The van der Waals surface area contributed by atoms with Gasteiger partial charge < -0.3 is 26.2 Å². The average Bonchev–Trinajstić information content (AvgIpc) is 3.13. The zero-order valence-corrected chi connectivity index (χ0v) is 20.1. The zero-order chi connectivity index (χ0) is 25.7. The van der Waals surface area contributed by atoms with Crippen molar-refractivity contribution in [1.29, 1.82) is 0 Å². The van der Waals surface area contributed by atoms with Crippen molar-refractivity contribution in [1.82, 2.24) is 0 Å². The monoisotopic (exact) mass is 508 g/mol. The number of phenols is 1. The summed E-state index contributed by atoms with van der Waals surface area (Å²) in [6.07, 6.45) is 4.16. The quantitative estimate of drug-likeness (QED) is 0.387. The van der Waals surface area contributed by atoms with Gasteiger partial charge in [-0.25, -0.2) is 0 Å². The summed E-state index contributed by atoms with van der Waals surface area (Å²) in [5.41, 5.74) is 4.97. The summed E-state index contributed by atoms with van der Waals surface area (Å²) in [4.78, 5) is 42.9. The predicted molar refractivity (Wildman–Crippen MR) is 132 cm³/mol. The normalized spacial score (nSPS) is 36.6. The maximum atomic E-state index is 13.6. The topological polar surface area (TPSA) is 171 Å². The number of allylic oxidation sites excluding steroid dienone is 2. The largest absolute Gasteiger partial charge is 0.511 e. The van der Waals surface area contributed by atoms with Gasteiger partial charge in [0.2, 0.25) is 5.78 Å². The molecule has 3 unspecified atom stereocenters. The number of carbonyl (C=O) groups is 3. The molecule has 0 saturated heterocycles. The molecule has 6 rings (SSSR count). The van der Waals surface area contributed by atoms with E-state index in [-0.39, 0.29) is 46.9 Å². The lowest BCUT2D eigenvalue weighted by Crippen LogP contribution is -2.57. The Hall–Kier alpha value is -3.37. The first-order valence-electron chi connectivity index (χ1n) is 11.7. The van der Waals surface area contributed by atoms with E-state index in [2.05, 4.69) is 18.0 Å². The molecule has 186 valence electrons. The standard InChI is InChI=1S/C26H24N2O7S/c1-10-21-25(10,36-9-28-21)5-4-11-2-3-15(29)18-14(11)7-12-6-13-8-16(30)19(24(27)34)23(33)26(13,35)22(32)17(12)20(18)31/h2-5,9-10,12-13,21,29-30,32,35H,6-8H2,1H3,(H2,27,34)/b5-4+/t10?,12-,13+,21?,25?,26+/m1/s1. The zero-order valence-electron chi connectivity index (χ0n) is 19.3. The summed E-state index contributed by atoms with van der Waals surface area (Å²) >= 11 is 1.66. The van der Waals surface area contributed by atoms with E-state index >= 15 is 0 Å². The number of Topliss-reactive ketones (excluding diaryl/α,β-unsaturated/α-hetero) is 2. The lowest BCUT2D eigenvalue weighted by Gasteiger charge is -2.45. The van der Waals surface area contributed by atoms with E-state index in [1.54, 1.807) is 17.8 Å². The van der Waals surface area contributed by atoms with E-state index < -0.39 is 52.0 Å². The van der Waals surface area contributed by atoms with Gasteiger partial charge in [0.25, 0.3) is 5.91 Å². The Bertz CT molecular complexity index is 1410. The van der Waals surface area contributed by atoms with Crippen molar-refractivity contribution in [3.63, 3.8) is 0 Å². The summed E-state index contributed by atoms with van der Waals surface area (Å²) in [6, 6.07) is 3.38. The van der Waals surface area contributed by atoms with Crippen molar-refractivity contribution in [3.8, 4) is 5.75 Å². The molecule has 10 heteroatoms. The second-order valence-corrected chi connectivity index (χ2v) is 11.4. The highest BCUT2D eigenvalue weighted by Gasteiger charge is 2.63. The van der Waals surface area contributed by atoms with Crippen LogP contribution in [0.25, 0.3) is 6.08 Å². The van der Waals surface area contributed by atoms with Crippen molar-refractivity contribution in [3.05, 3.63) is 57.6 Å². The fraction of sp³-hybridized carbons (Fsp3) is 0.385. The molecule has 1 saturated carbocycles. The Kier molecular flexibility index (Phi) is 4.69. The molecule has 1 aromatic rings. The third-order valence-electron chi connectivity index (χ3n) is 8.52. The van der Waals surface area contributed by atoms with Crippen molar-refractivity contribution in [2.45, 2.75) is 42.6 Å². The highest BCUT2D eigenvalue weighted by molar-refractivity contribution is 8.14. The molecule has 1 fully saturated rings. The molecule has 1 aromatic carbocycles. The van der Waals surface area contributed by atoms with Crippen molar-refractivity contribution >= 4 is 40.9 Å². The van der Waals surface area contributed by atoms with Crippen LogP contribution in [0.2, 0.25) is 0 Å². The minimum absolute atomic E-state index is 0.0157. The Morgan fingerprint density at radius 2 is 1.97 bits per heavy atom. The molecule has 0 bridgehead atoms. The van der Waals surface area contributed by atoms with Crippen LogP contribution in [0.1, 0.15) is 41.3 Å². The van der Waals surface area contributed by atoms with E-state index in [1.807, 2.05) is 11.6 Å². The third kappa shape index (κ3) is 2.76. The molecule has 6 N–H and O–H groups in total. The number of hydrogen-bond acceptors (Lipinski definition) is 9. The second kappa shape index (κ2) is 7.33. The first-order chi connectivity index (χ1) is 17.0. The maximum absolute atomic E-state index is 13.6. The van der Waals surface area contributed by atoms with E-state index in [0.29, 0.717) is 11.5 Å². The first kappa shape index (κ1) is 23.1. The van der Waals surface area contributed by atoms with Gasteiger partial charge in [-0.15, -0.1) is 11.8 Å². The molecule has 0 aromatic heterocycles. The molecular weight excluding hydrogens is 484 g/mol. The van der Waals surface area contributed by atoms with Gasteiger partial charge in [0.05, 0.1) is 21.9 Å². The number of benzene rings is 1. The number of primary amides is 1. The minimum atomic E-state index is -2.56. The fourth-order valence-corrected chi connectivity index (χ4v) is 7.65. The number of aliphatic hydroxyl groups is 3. The molecule has 0 spiro atoms. The van der Waals surface area contributed by atoms with Crippen LogP contribution in [0, 0.1) is 17.8 Å². The van der Waals surface area contributed by atoms with Gasteiger partial charge in [-0.05, 0) is 36.0 Å². The van der Waals surface area contributed by atoms with Crippen molar-refractivity contribution < 1.29 is 34.8 Å². The molecule has 1 amide bonds. The van der Waals surface area contributed by atoms with Gasteiger partial charge in [0.15, 0.2) is 11.4 Å². The number of phenolic OH excluding ortho intramolecular Hbond substituents is 1. The fourth-order valence-electron chi connectivity index (χ4n) is 6.45. The summed E-state index contributed by atoms with van der Waals surface area (Å²) in [5, 5.41) is 43.3. The SMILES string of the molecule is CC1C2N=CSC12/C=C/c1ccc(O)c2c1C[C@H]1C[C@H]3CC(O)=C(C(N)=O)C(=O)[C@@]3(O)C(O)=C1C2=O. The Morgan fingerprint density at radius 3 is 2.64 bits per heavy atom. The van der Waals surface area contributed by atoms with Crippen LogP contribution in [0.5, 0.6) is 5.75 Å². The number of amides is 1. The van der Waals surface area contributed by atoms with Gasteiger partial charge in [-0.1, -0.05) is 25.1 Å². The minimum Gasteiger partial charge on any atom is -0.511 e. The predicted octanol–water partition coefficient (Wildman–Crippen LogP) is 2.13. The average molecular weight is 509 g/mol. The van der Waals surface area contributed by atoms with Crippen molar-refractivity contribution in [2.75, 3.05) is 0 Å². The molecule has 9 nitrogen and oxygen atoms in total. The van der Waals surface area contributed by atoms with E-state index in [9.17, 15) is 34.8 Å². The van der Waals surface area contributed by atoms with Crippen LogP contribution < -0.4 is 5.73 Å². The molecule has 36 heavy (non-hydrogen) atoms. The van der Waals surface area contributed by atoms with Crippen LogP contribution >= 0.6 is 11.8 Å². The molecule has 1 heterocycles. The smallest absolute Gasteiger partial charge is 0.255 e. The van der Waals surface area contributed by atoms with E-state index in [0.717, 1.165) is 5.56 Å². The van der Waals surface area contributed by atoms with Gasteiger partial charge >= 0.3 is 0 Å². The number of rotatable bonds is 3. The van der Waals surface area contributed by atoms with Crippen LogP contribution in [0.15, 0.2) is 45.9 Å². The number of fused-ring (bicyclic) bond motifs is 4. The van der Waals surface area contributed by atoms with Gasteiger partial charge in [0.1, 0.15) is 22.8 Å². The number of ketones is 2. The number of aliphatic hydroxyl groups excluding tert-OH is 2. The van der Waals surface area contributed by atoms with Crippen LogP contribution in [0.4, 0.5) is 0 Å². The Balaban J connectivity index is 1.43. The number of hydrogen-bond donors (Lipinski definition) is 5. The van der Waals surface area contributed by atoms with E-state index in [4.69, 9.17) is 5.73 Å². The number of nitrogens with zero attached hydrogens (tertiary/aromatic N) is 1. The summed E-state index contributed by atoms with van der Waals surface area (Å²) in [5.74, 6) is -5.89. The first-order valence-corrected chi connectivity index (χ1v) is 12.6. The molecule has 6 atom stereocenters. The lowest BCUT2D eigenvalue weighted by molar-refractivity contribution is -0.144. The number of carbonyl (C=O) groups excluding carboxylic acids is 3.